The van der Waals surface area contributed by atoms with Crippen molar-refractivity contribution < 1.29 is 88.5 Å². The van der Waals surface area contributed by atoms with Gasteiger partial charge in [0.05, 0.1) is 0 Å². The summed E-state index contributed by atoms with van der Waals surface area (Å²) in [6.07, 6.45) is 12.1. The van der Waals surface area contributed by atoms with Gasteiger partial charge in [0, 0.05) is 0 Å². The monoisotopic (exact) mass is 750 g/mol. The van der Waals surface area contributed by atoms with E-state index < -0.39 is 0 Å². The summed E-state index contributed by atoms with van der Waals surface area (Å²) in [4.78, 5) is 32.9. The van der Waals surface area contributed by atoms with E-state index in [1.807, 2.05) is 20.8 Å². The Morgan fingerprint density at radius 2 is 0.727 bits per heavy atom. The molecule has 0 fully saturated rings. The Morgan fingerprint density at radius 3 is 0.848 bits per heavy atom. The molecule has 0 saturated heterocycles. The summed E-state index contributed by atoms with van der Waals surface area (Å²) in [5.41, 5.74) is 0. The summed E-state index contributed by atoms with van der Waals surface area (Å²) in [6.45, 7) is 12.4. The van der Waals surface area contributed by atoms with Crippen molar-refractivity contribution in [2.75, 3.05) is 0 Å². The van der Waals surface area contributed by atoms with Crippen molar-refractivity contribution in [3.8, 4) is 0 Å². The van der Waals surface area contributed by atoms with Crippen molar-refractivity contribution in [2.45, 2.75) is 119 Å². The van der Waals surface area contributed by atoms with Crippen LogP contribution in [0.4, 0.5) is 0 Å². The maximum absolute atomic E-state index is 11.0. The van der Waals surface area contributed by atoms with Crippen molar-refractivity contribution in [3.05, 3.63) is 0 Å². The van der Waals surface area contributed by atoms with Crippen molar-refractivity contribution in [1.82, 2.24) is 0 Å². The molecule has 0 aliphatic carbocycles. The zero-order valence-corrected chi connectivity index (χ0v) is 25.5. The molecule has 3 atom stereocenters. The van der Waals surface area contributed by atoms with E-state index in [0.29, 0.717) is 0 Å². The van der Waals surface area contributed by atoms with Crippen LogP contribution in [0.15, 0.2) is 0 Å². The van der Waals surface area contributed by atoms with E-state index >= 15 is 0 Å². The number of hydrogen-bond donors (Lipinski definition) is 0. The fraction of sp³-hybridized carbons (Fsp3) is 0.875. The molecule has 0 aromatic heterocycles. The first-order chi connectivity index (χ1) is 15.8. The third-order valence-electron chi connectivity index (χ3n) is 5.38. The van der Waals surface area contributed by atoms with Gasteiger partial charge < -0.3 is 0 Å². The van der Waals surface area contributed by atoms with Crippen LogP contribution < -0.4 is 0 Å². The minimum atomic E-state index is -0.139. The predicted molar refractivity (Wildman–Crippen MR) is 118 cm³/mol. The van der Waals surface area contributed by atoms with Crippen LogP contribution in [0.25, 0.3) is 0 Å². The first-order valence-electron chi connectivity index (χ1n) is 12.2. The summed E-state index contributed by atoms with van der Waals surface area (Å²) in [7, 11) is 0. The molecule has 0 rings (SSSR count). The van der Waals surface area contributed by atoms with Crippen molar-refractivity contribution >= 4 is 17.9 Å². The van der Waals surface area contributed by atoms with E-state index in [-0.39, 0.29) is 35.7 Å². The van der Waals surface area contributed by atoms with Gasteiger partial charge in [-0.15, -0.1) is 0 Å². The van der Waals surface area contributed by atoms with Crippen LogP contribution in [-0.4, -0.2) is 17.9 Å². The van der Waals surface area contributed by atoms with Gasteiger partial charge in [0.25, 0.3) is 0 Å². The van der Waals surface area contributed by atoms with Gasteiger partial charge in [-0.05, 0) is 0 Å². The van der Waals surface area contributed by atoms with E-state index in [9.17, 15) is 14.4 Å². The second-order valence-corrected chi connectivity index (χ2v) is 8.79. The van der Waals surface area contributed by atoms with E-state index in [1.165, 1.54) is 0 Å². The Hall–Kier alpha value is 0.631. The fourth-order valence-corrected chi connectivity index (χ4v) is 3.71. The minimum absolute atomic E-state index is 0.0775. The average Bonchev–Trinajstić information content (AvgIpc) is 2.85. The first kappa shape index (κ1) is 38.2. The maximum atomic E-state index is 11.0. The quantitative estimate of drug-likeness (QED) is 0.175. The second-order valence-electron chi connectivity index (χ2n) is 7.88. The molecule has 0 bridgehead atoms. The summed E-state index contributed by atoms with van der Waals surface area (Å²) in [6, 6.07) is 0. The normalized spacial score (nSPS) is 12.7. The molecule has 0 aliphatic heterocycles. The van der Waals surface area contributed by atoms with Gasteiger partial charge in [0.1, 0.15) is 0 Å². The molecule has 0 spiro atoms. The molecule has 9 heteroatoms. The van der Waals surface area contributed by atoms with Crippen LogP contribution in [0.3, 0.4) is 0 Å². The number of rotatable bonds is 15. The molecule has 6 nitrogen and oxygen atoms in total. The Kier molecular flexibility index (Phi) is 33.4. The van der Waals surface area contributed by atoms with Crippen molar-refractivity contribution in [3.63, 3.8) is 0 Å². The topological polar surface area (TPSA) is 78.9 Å². The molecule has 0 saturated carbocycles. The van der Waals surface area contributed by atoms with Crippen LogP contribution >= 0.6 is 0 Å². The van der Waals surface area contributed by atoms with Gasteiger partial charge in [-0.1, -0.05) is 0 Å². The van der Waals surface area contributed by atoms with Crippen LogP contribution in [0, 0.1) is 17.8 Å². The molecular formula is C24H45Ag3O6. The van der Waals surface area contributed by atoms with Gasteiger partial charge >= 0.3 is 243 Å². The summed E-state index contributed by atoms with van der Waals surface area (Å²) < 4.78 is 13.4. The number of carbonyl (C=O) groups is 3. The molecule has 0 radical (unpaired) electrons. The molecule has 0 aliphatic rings. The SMILES string of the molecule is CCCCC(CC)C(=O)[O][Ag].CCCCC(CC)C(=O)[O][Ag].CCCCC(CC)C(=O)[O][Ag]. The van der Waals surface area contributed by atoms with Crippen LogP contribution in [0.2, 0.25) is 0 Å². The van der Waals surface area contributed by atoms with E-state index in [0.717, 1.165) is 77.0 Å². The predicted octanol–water partition coefficient (Wildman–Crippen LogP) is 6.62. The Morgan fingerprint density at radius 1 is 0.515 bits per heavy atom. The molecule has 0 aromatic carbocycles. The van der Waals surface area contributed by atoms with Crippen LogP contribution in [0.1, 0.15) is 119 Å². The molecule has 33 heavy (non-hydrogen) atoms. The van der Waals surface area contributed by atoms with Crippen molar-refractivity contribution in [2.24, 2.45) is 17.8 Å². The van der Waals surface area contributed by atoms with Gasteiger partial charge in [-0.2, -0.15) is 0 Å². The van der Waals surface area contributed by atoms with E-state index in [1.54, 1.807) is 0 Å². The number of hydrogen-bond acceptors (Lipinski definition) is 6. The zero-order valence-electron chi connectivity index (χ0n) is 21.1. The molecule has 210 valence electrons. The molecular weight excluding hydrogens is 708 g/mol. The first-order valence-corrected chi connectivity index (χ1v) is 14.0. The summed E-state index contributed by atoms with van der Waals surface area (Å²) >= 11 is 8.15. The van der Waals surface area contributed by atoms with E-state index in [4.69, 9.17) is 0 Å². The molecule has 0 aromatic rings. The molecule has 0 N–H and O–H groups in total. The molecule has 3 unspecified atom stereocenters. The molecule has 0 amide bonds. The average molecular weight is 753 g/mol. The fourth-order valence-electron chi connectivity index (χ4n) is 2.97. The Bertz CT molecular complexity index is 411. The third kappa shape index (κ3) is 22.8. The number of carbonyl (C=O) groups excluding carboxylic acids is 3. The van der Waals surface area contributed by atoms with E-state index in [2.05, 4.69) is 94.9 Å². The number of unbranched alkanes of at least 4 members (excludes halogenated alkanes) is 3. The Labute approximate surface area is 241 Å². The van der Waals surface area contributed by atoms with Gasteiger partial charge in [-0.25, -0.2) is 0 Å². The summed E-state index contributed by atoms with van der Waals surface area (Å²) in [5, 5.41) is 0. The molecule has 0 heterocycles. The Balaban J connectivity index is -0.000000409. The van der Waals surface area contributed by atoms with Crippen LogP contribution in [-0.2, 0) is 88.5 Å². The van der Waals surface area contributed by atoms with Crippen molar-refractivity contribution in [1.29, 1.82) is 0 Å². The van der Waals surface area contributed by atoms with Gasteiger partial charge in [0.15, 0.2) is 0 Å². The second kappa shape index (κ2) is 28.9. The third-order valence-corrected chi connectivity index (χ3v) is 6.27. The zero-order chi connectivity index (χ0) is 26.1. The summed E-state index contributed by atoms with van der Waals surface area (Å²) in [5.74, 6) is -0.185. The van der Waals surface area contributed by atoms with Crippen LogP contribution in [0.5, 0.6) is 0 Å². The van der Waals surface area contributed by atoms with Gasteiger partial charge in [0.2, 0.25) is 0 Å². The van der Waals surface area contributed by atoms with Gasteiger partial charge in [-0.3, -0.25) is 0 Å². The standard InChI is InChI=1S/3C8H16O2.3Ag/c3*1-3-5-6-7(4-2)8(9)10;;;/h3*7H,3-6H2,1-2H3,(H,9,10);;;/q;;;3*+1/p-3.